The van der Waals surface area contributed by atoms with Crippen LogP contribution in [0, 0.1) is 34.0 Å². The van der Waals surface area contributed by atoms with E-state index in [1.165, 1.54) is 6.20 Å². The summed E-state index contributed by atoms with van der Waals surface area (Å²) >= 11 is 0. The van der Waals surface area contributed by atoms with Crippen LogP contribution in [0.3, 0.4) is 0 Å². The minimum Gasteiger partial charge on any atom is -0.256 e. The van der Waals surface area contributed by atoms with Gasteiger partial charge in [-0.1, -0.05) is 0 Å². The number of hydrogen-bond acceptors (Lipinski definition) is 5. The van der Waals surface area contributed by atoms with Crippen molar-refractivity contribution in [2.75, 3.05) is 0 Å². The molecular weight excluding hydrogens is 190 g/mol. The van der Waals surface area contributed by atoms with Crippen LogP contribution in [0.4, 0.5) is 0 Å². The molecular formula is C10H7N5. The first-order valence-electron chi connectivity index (χ1n) is 4.26. The maximum Gasteiger partial charge on any atom is 0.0793 e. The van der Waals surface area contributed by atoms with Gasteiger partial charge in [0.05, 0.1) is 54.6 Å². The highest BCUT2D eigenvalue weighted by Gasteiger charge is 2.06. The molecule has 5 nitrogen and oxygen atoms in total. The lowest BCUT2D eigenvalue weighted by Gasteiger charge is -2.02. The number of rotatable bonds is 3. The van der Waals surface area contributed by atoms with Gasteiger partial charge < -0.3 is 0 Å². The highest BCUT2D eigenvalue weighted by Crippen LogP contribution is 2.06. The molecule has 0 saturated heterocycles. The van der Waals surface area contributed by atoms with Gasteiger partial charge in [-0.05, 0) is 0 Å². The third-order valence-corrected chi connectivity index (χ3v) is 1.73. The summed E-state index contributed by atoms with van der Waals surface area (Å²) < 4.78 is 0. The molecule has 1 heterocycles. The summed E-state index contributed by atoms with van der Waals surface area (Å²) in [6.07, 6.45) is 1.88. The summed E-state index contributed by atoms with van der Waals surface area (Å²) in [7, 11) is 0. The van der Waals surface area contributed by atoms with Gasteiger partial charge in [-0.25, -0.2) is 0 Å². The SMILES string of the molecule is N#CCc1cnc(CC#N)c(CC#N)n1. The molecule has 1 rings (SSSR count). The van der Waals surface area contributed by atoms with Crippen LogP contribution < -0.4 is 0 Å². The molecule has 0 bridgehead atoms. The third-order valence-electron chi connectivity index (χ3n) is 1.73. The average molecular weight is 197 g/mol. The monoisotopic (exact) mass is 197 g/mol. The molecule has 0 N–H and O–H groups in total. The molecule has 0 aliphatic carbocycles. The molecule has 0 spiro atoms. The highest BCUT2D eigenvalue weighted by atomic mass is 14.8. The predicted octanol–water partition coefficient (Wildman–Crippen LogP) is 0.675. The molecule has 15 heavy (non-hydrogen) atoms. The van der Waals surface area contributed by atoms with Crippen molar-refractivity contribution >= 4 is 0 Å². The smallest absolute Gasteiger partial charge is 0.0793 e. The largest absolute Gasteiger partial charge is 0.256 e. The van der Waals surface area contributed by atoms with Gasteiger partial charge in [0.1, 0.15) is 0 Å². The Hall–Kier alpha value is -2.45. The van der Waals surface area contributed by atoms with E-state index < -0.39 is 0 Å². The van der Waals surface area contributed by atoms with Crippen molar-refractivity contribution in [1.29, 1.82) is 15.8 Å². The van der Waals surface area contributed by atoms with Gasteiger partial charge in [0.15, 0.2) is 0 Å². The Balaban J connectivity index is 3.06. The van der Waals surface area contributed by atoms with Crippen molar-refractivity contribution in [2.24, 2.45) is 0 Å². The van der Waals surface area contributed by atoms with Crippen LogP contribution >= 0.6 is 0 Å². The minimum absolute atomic E-state index is 0.114. The number of hydrogen-bond donors (Lipinski definition) is 0. The fourth-order valence-electron chi connectivity index (χ4n) is 1.10. The molecule has 0 aliphatic rings. The van der Waals surface area contributed by atoms with Crippen molar-refractivity contribution in [3.8, 4) is 18.2 Å². The van der Waals surface area contributed by atoms with Crippen LogP contribution in [-0.4, -0.2) is 9.97 Å². The predicted molar refractivity (Wildman–Crippen MR) is 50.0 cm³/mol. The first-order valence-corrected chi connectivity index (χ1v) is 4.26. The van der Waals surface area contributed by atoms with Gasteiger partial charge in [0.2, 0.25) is 0 Å². The third kappa shape index (κ3) is 2.76. The van der Waals surface area contributed by atoms with E-state index in [-0.39, 0.29) is 19.3 Å². The van der Waals surface area contributed by atoms with Crippen molar-refractivity contribution in [2.45, 2.75) is 19.3 Å². The second-order valence-corrected chi connectivity index (χ2v) is 2.76. The Bertz CT molecular complexity index is 472. The zero-order chi connectivity index (χ0) is 11.1. The first-order chi connectivity index (χ1) is 7.31. The molecule has 5 heteroatoms. The lowest BCUT2D eigenvalue weighted by molar-refractivity contribution is 0.924. The van der Waals surface area contributed by atoms with E-state index in [0.29, 0.717) is 17.1 Å². The maximum atomic E-state index is 8.57. The van der Waals surface area contributed by atoms with Gasteiger partial charge in [-0.2, -0.15) is 15.8 Å². The quantitative estimate of drug-likeness (QED) is 0.709. The topological polar surface area (TPSA) is 97.1 Å². The van der Waals surface area contributed by atoms with Gasteiger partial charge in [0.25, 0.3) is 0 Å². The first kappa shape index (κ1) is 10.6. The summed E-state index contributed by atoms with van der Waals surface area (Å²) in [4.78, 5) is 8.13. The van der Waals surface area contributed by atoms with Crippen molar-refractivity contribution in [3.05, 3.63) is 23.3 Å². The van der Waals surface area contributed by atoms with Gasteiger partial charge in [-0.3, -0.25) is 9.97 Å². The van der Waals surface area contributed by atoms with Crippen molar-refractivity contribution in [1.82, 2.24) is 9.97 Å². The zero-order valence-electron chi connectivity index (χ0n) is 7.93. The molecule has 0 aliphatic heterocycles. The fraction of sp³-hybridized carbons (Fsp3) is 0.300. The molecule has 0 atom stereocenters. The van der Waals surface area contributed by atoms with Gasteiger partial charge in [-0.15, -0.1) is 0 Å². The summed E-state index contributed by atoms with van der Waals surface area (Å²) in [6.45, 7) is 0. The lowest BCUT2D eigenvalue weighted by Crippen LogP contribution is -2.03. The lowest BCUT2D eigenvalue weighted by atomic mass is 10.2. The normalized spacial score (nSPS) is 8.60. The van der Waals surface area contributed by atoms with E-state index in [1.807, 2.05) is 18.2 Å². The molecule has 0 fully saturated rings. The van der Waals surface area contributed by atoms with Gasteiger partial charge in [0, 0.05) is 6.20 Å². The Morgan fingerprint density at radius 1 is 0.933 bits per heavy atom. The number of aromatic nitrogens is 2. The van der Waals surface area contributed by atoms with Crippen molar-refractivity contribution in [3.63, 3.8) is 0 Å². The Morgan fingerprint density at radius 3 is 2.13 bits per heavy atom. The summed E-state index contributed by atoms with van der Waals surface area (Å²) in [5.41, 5.74) is 1.54. The zero-order valence-corrected chi connectivity index (χ0v) is 7.93. The number of nitrogens with zero attached hydrogens (tertiary/aromatic N) is 5. The Morgan fingerprint density at radius 2 is 1.53 bits per heavy atom. The van der Waals surface area contributed by atoms with Crippen LogP contribution in [0.25, 0.3) is 0 Å². The fourth-order valence-corrected chi connectivity index (χ4v) is 1.10. The molecule has 0 radical (unpaired) electrons. The molecule has 72 valence electrons. The van der Waals surface area contributed by atoms with Crippen LogP contribution in [0.2, 0.25) is 0 Å². The summed E-state index contributed by atoms with van der Waals surface area (Å²) in [5, 5.41) is 25.6. The molecule has 1 aromatic heterocycles. The van der Waals surface area contributed by atoms with E-state index >= 15 is 0 Å². The van der Waals surface area contributed by atoms with E-state index in [1.54, 1.807) is 0 Å². The molecule has 0 amide bonds. The van der Waals surface area contributed by atoms with E-state index in [2.05, 4.69) is 9.97 Å². The average Bonchev–Trinajstić information content (AvgIpc) is 2.23. The molecule has 1 aromatic rings. The van der Waals surface area contributed by atoms with E-state index in [9.17, 15) is 0 Å². The molecule has 0 saturated carbocycles. The van der Waals surface area contributed by atoms with E-state index in [0.717, 1.165) is 0 Å². The van der Waals surface area contributed by atoms with Gasteiger partial charge >= 0.3 is 0 Å². The standard InChI is InChI=1S/C10H7N5/c11-4-1-8-7-14-9(2-5-12)10(15-8)3-6-13/h7H,1-3H2. The highest BCUT2D eigenvalue weighted by molar-refractivity contribution is 5.21. The van der Waals surface area contributed by atoms with Crippen LogP contribution in [0.1, 0.15) is 17.1 Å². The van der Waals surface area contributed by atoms with Crippen LogP contribution in [0.5, 0.6) is 0 Å². The van der Waals surface area contributed by atoms with Crippen LogP contribution in [0.15, 0.2) is 6.20 Å². The van der Waals surface area contributed by atoms with E-state index in [4.69, 9.17) is 15.8 Å². The van der Waals surface area contributed by atoms with Crippen molar-refractivity contribution < 1.29 is 0 Å². The molecule has 0 unspecified atom stereocenters. The molecule has 0 aromatic carbocycles. The summed E-state index contributed by atoms with van der Waals surface area (Å²) in [6, 6.07) is 5.87. The summed E-state index contributed by atoms with van der Waals surface area (Å²) in [5.74, 6) is 0. The van der Waals surface area contributed by atoms with Crippen LogP contribution in [-0.2, 0) is 19.3 Å². The minimum atomic E-state index is 0.114. The second-order valence-electron chi connectivity index (χ2n) is 2.76. The second kappa shape index (κ2) is 5.32. The number of nitriles is 3. The maximum absolute atomic E-state index is 8.57. The Kier molecular flexibility index (Phi) is 3.77. The Labute approximate surface area is 87.2 Å².